The monoisotopic (exact) mass is 400 g/mol. The van der Waals surface area contributed by atoms with Gasteiger partial charge in [0.2, 0.25) is 0 Å². The molecule has 0 saturated carbocycles. The van der Waals surface area contributed by atoms with E-state index in [0.29, 0.717) is 0 Å². The van der Waals surface area contributed by atoms with E-state index < -0.39 is 12.8 Å². The Bertz CT molecular complexity index is 929. The topological polar surface area (TPSA) is 35.5 Å². The smallest absolute Gasteiger partial charge is 0.294 e. The van der Waals surface area contributed by atoms with Gasteiger partial charge in [0.1, 0.15) is 18.4 Å². The van der Waals surface area contributed by atoms with Gasteiger partial charge in [-0.25, -0.2) is 0 Å². The molecule has 0 unspecified atom stereocenters. The SMILES string of the molecule is C#CCOP(=O)(OCC#C)C(c1ccccc1)(c1ccccc1)c1ccccc1. The Labute approximate surface area is 172 Å². The molecule has 0 heterocycles. The molecule has 0 aliphatic carbocycles. The molecule has 29 heavy (non-hydrogen) atoms. The molecule has 0 N–H and O–H groups in total. The highest BCUT2D eigenvalue weighted by atomic mass is 31.2. The van der Waals surface area contributed by atoms with E-state index in [1.165, 1.54) is 0 Å². The first-order valence-corrected chi connectivity index (χ1v) is 10.7. The van der Waals surface area contributed by atoms with Crippen molar-refractivity contribution in [3.05, 3.63) is 108 Å². The molecule has 3 nitrogen and oxygen atoms in total. The van der Waals surface area contributed by atoms with Gasteiger partial charge in [-0.1, -0.05) is 103 Å². The Morgan fingerprint density at radius 3 is 1.24 bits per heavy atom. The lowest BCUT2D eigenvalue weighted by Gasteiger charge is -2.40. The third-order valence-electron chi connectivity index (χ3n) is 4.62. The third kappa shape index (κ3) is 3.91. The van der Waals surface area contributed by atoms with Gasteiger partial charge in [0.25, 0.3) is 0 Å². The van der Waals surface area contributed by atoms with Gasteiger partial charge in [-0.2, -0.15) is 0 Å². The van der Waals surface area contributed by atoms with Crippen LogP contribution in [-0.2, 0) is 18.8 Å². The molecule has 3 aromatic carbocycles. The summed E-state index contributed by atoms with van der Waals surface area (Å²) in [5, 5.41) is -1.25. The Hall–Kier alpha value is -3.07. The van der Waals surface area contributed by atoms with Gasteiger partial charge in [0, 0.05) is 0 Å². The summed E-state index contributed by atoms with van der Waals surface area (Å²) in [6.07, 6.45) is 10.9. The maximum absolute atomic E-state index is 14.5. The molecule has 4 heteroatoms. The van der Waals surface area contributed by atoms with E-state index in [1.807, 2.05) is 91.0 Å². The van der Waals surface area contributed by atoms with E-state index in [9.17, 15) is 4.57 Å². The van der Waals surface area contributed by atoms with Gasteiger partial charge >= 0.3 is 7.60 Å². The number of hydrogen-bond acceptors (Lipinski definition) is 3. The molecular weight excluding hydrogens is 379 g/mol. The minimum Gasteiger partial charge on any atom is -0.294 e. The number of rotatable bonds is 8. The fourth-order valence-corrected chi connectivity index (χ4v) is 5.83. The van der Waals surface area contributed by atoms with Gasteiger partial charge in [0.15, 0.2) is 0 Å². The van der Waals surface area contributed by atoms with Crippen LogP contribution in [0, 0.1) is 24.7 Å². The Balaban J connectivity index is 2.43. The normalized spacial score (nSPS) is 11.4. The van der Waals surface area contributed by atoms with Crippen LogP contribution in [0.2, 0.25) is 0 Å². The number of benzene rings is 3. The van der Waals surface area contributed by atoms with Crippen LogP contribution < -0.4 is 0 Å². The Kier molecular flexibility index (Phi) is 6.71. The summed E-state index contributed by atoms with van der Waals surface area (Å²) in [5.74, 6) is 4.80. The van der Waals surface area contributed by atoms with Crippen LogP contribution in [0.3, 0.4) is 0 Å². The fourth-order valence-electron chi connectivity index (χ4n) is 3.49. The lowest BCUT2D eigenvalue weighted by Crippen LogP contribution is -2.31. The van der Waals surface area contributed by atoms with Crippen LogP contribution in [-0.4, -0.2) is 13.2 Å². The van der Waals surface area contributed by atoms with Crippen molar-refractivity contribution in [3.63, 3.8) is 0 Å². The van der Waals surface area contributed by atoms with Crippen molar-refractivity contribution >= 4 is 7.60 Å². The standard InChI is InChI=1S/C25H21O3P/c1-3-20-27-29(26,28-21-4-2)25(22-14-8-5-9-15-22,23-16-10-6-11-17-23)24-18-12-7-13-19-24/h1-2,5-19H,20-21H2. The first-order chi connectivity index (χ1) is 14.2. The van der Waals surface area contributed by atoms with E-state index in [-0.39, 0.29) is 13.2 Å². The molecule has 0 aliphatic rings. The zero-order chi connectivity index (χ0) is 20.6. The molecule has 0 radical (unpaired) electrons. The summed E-state index contributed by atoms with van der Waals surface area (Å²) >= 11 is 0. The highest BCUT2D eigenvalue weighted by molar-refractivity contribution is 7.55. The van der Waals surface area contributed by atoms with Crippen LogP contribution in [0.4, 0.5) is 0 Å². The largest absolute Gasteiger partial charge is 0.351 e. The van der Waals surface area contributed by atoms with E-state index in [4.69, 9.17) is 21.9 Å². The van der Waals surface area contributed by atoms with Crippen LogP contribution in [0.15, 0.2) is 91.0 Å². The minimum absolute atomic E-state index is 0.171. The van der Waals surface area contributed by atoms with E-state index in [2.05, 4.69) is 11.8 Å². The highest BCUT2D eigenvalue weighted by Gasteiger charge is 2.55. The fraction of sp³-hybridized carbons (Fsp3) is 0.120. The summed E-state index contributed by atoms with van der Waals surface area (Å²) in [5.41, 5.74) is 2.28. The van der Waals surface area contributed by atoms with E-state index >= 15 is 0 Å². The quantitative estimate of drug-likeness (QED) is 0.286. The second kappa shape index (κ2) is 9.42. The van der Waals surface area contributed by atoms with Crippen LogP contribution >= 0.6 is 7.60 Å². The molecule has 0 spiro atoms. The van der Waals surface area contributed by atoms with Crippen molar-refractivity contribution in [1.82, 2.24) is 0 Å². The van der Waals surface area contributed by atoms with Crippen LogP contribution in [0.1, 0.15) is 16.7 Å². The van der Waals surface area contributed by atoms with Crippen molar-refractivity contribution in [3.8, 4) is 24.7 Å². The van der Waals surface area contributed by atoms with E-state index in [1.54, 1.807) is 0 Å². The van der Waals surface area contributed by atoms with Gasteiger partial charge in [0.05, 0.1) is 0 Å². The second-order valence-corrected chi connectivity index (χ2v) is 8.44. The molecule has 0 fully saturated rings. The lowest BCUT2D eigenvalue weighted by atomic mass is 9.84. The third-order valence-corrected chi connectivity index (χ3v) is 7.16. The Morgan fingerprint density at radius 2 is 0.966 bits per heavy atom. The van der Waals surface area contributed by atoms with Crippen molar-refractivity contribution < 1.29 is 13.6 Å². The van der Waals surface area contributed by atoms with Gasteiger partial charge in [-0.05, 0) is 16.7 Å². The minimum atomic E-state index is -3.94. The summed E-state index contributed by atoms with van der Waals surface area (Å²) in [6, 6.07) is 28.5. The second-order valence-electron chi connectivity index (χ2n) is 6.26. The Morgan fingerprint density at radius 1 is 0.655 bits per heavy atom. The predicted octanol–water partition coefficient (Wildman–Crippen LogP) is 5.47. The molecule has 0 atom stereocenters. The molecule has 0 amide bonds. The van der Waals surface area contributed by atoms with Crippen LogP contribution in [0.25, 0.3) is 0 Å². The summed E-state index contributed by atoms with van der Waals surface area (Å²) in [4.78, 5) is 0. The molecule has 3 rings (SSSR count). The first-order valence-electron chi connectivity index (χ1n) is 9.12. The molecule has 0 bridgehead atoms. The zero-order valence-corrected chi connectivity index (χ0v) is 16.8. The maximum Gasteiger partial charge on any atom is 0.351 e. The van der Waals surface area contributed by atoms with E-state index in [0.717, 1.165) is 16.7 Å². The summed E-state index contributed by atoms with van der Waals surface area (Å²) in [6.45, 7) is -0.341. The summed E-state index contributed by atoms with van der Waals surface area (Å²) < 4.78 is 26.1. The highest BCUT2D eigenvalue weighted by Crippen LogP contribution is 2.70. The number of terminal acetylenes is 2. The van der Waals surface area contributed by atoms with Crippen molar-refractivity contribution in [2.75, 3.05) is 13.2 Å². The van der Waals surface area contributed by atoms with Crippen LogP contribution in [0.5, 0.6) is 0 Å². The van der Waals surface area contributed by atoms with Gasteiger partial charge < -0.3 is 0 Å². The van der Waals surface area contributed by atoms with Crippen molar-refractivity contribution in [2.45, 2.75) is 5.16 Å². The average Bonchev–Trinajstić information content (AvgIpc) is 2.79. The molecule has 0 saturated heterocycles. The maximum atomic E-state index is 14.5. The first kappa shape index (κ1) is 20.7. The summed E-state index contributed by atoms with van der Waals surface area (Å²) in [7, 11) is -3.94. The van der Waals surface area contributed by atoms with Gasteiger partial charge in [-0.3, -0.25) is 13.6 Å². The van der Waals surface area contributed by atoms with Crippen molar-refractivity contribution in [2.24, 2.45) is 0 Å². The average molecular weight is 400 g/mol. The molecule has 0 aliphatic heterocycles. The molecule has 0 aromatic heterocycles. The molecule has 144 valence electrons. The predicted molar refractivity (Wildman–Crippen MR) is 116 cm³/mol. The molecular formula is C25H21O3P. The molecule has 3 aromatic rings. The van der Waals surface area contributed by atoms with Crippen molar-refractivity contribution in [1.29, 1.82) is 0 Å². The lowest BCUT2D eigenvalue weighted by molar-refractivity contribution is 0.227. The number of hydrogen-bond donors (Lipinski definition) is 0. The van der Waals surface area contributed by atoms with Gasteiger partial charge in [-0.15, -0.1) is 12.8 Å². The zero-order valence-electron chi connectivity index (χ0n) is 15.9.